The first-order chi connectivity index (χ1) is 10.7. The van der Waals surface area contributed by atoms with Crippen LogP contribution in [0.3, 0.4) is 0 Å². The van der Waals surface area contributed by atoms with E-state index in [0.29, 0.717) is 18.9 Å². The van der Waals surface area contributed by atoms with E-state index in [-0.39, 0.29) is 36.8 Å². The topological polar surface area (TPSA) is 72.1 Å². The van der Waals surface area contributed by atoms with Gasteiger partial charge in [-0.25, -0.2) is 4.98 Å². The number of nitrogens with zero attached hydrogens (tertiary/aromatic N) is 3. The summed E-state index contributed by atoms with van der Waals surface area (Å²) in [6.45, 7) is 3.52. The van der Waals surface area contributed by atoms with Crippen LogP contribution in [0.2, 0.25) is 0 Å². The van der Waals surface area contributed by atoms with Gasteiger partial charge in [-0.2, -0.15) is 0 Å². The molecule has 0 radical (unpaired) electrons. The van der Waals surface area contributed by atoms with Gasteiger partial charge in [0.05, 0.1) is 12.1 Å². The summed E-state index contributed by atoms with van der Waals surface area (Å²) >= 11 is 1.55. The SMILES string of the molecule is CC1CC(CN)CN1C(=O)Cc1csc(-c2cccnc2)n1.Cl.Cl. The van der Waals surface area contributed by atoms with Crippen molar-refractivity contribution in [1.82, 2.24) is 14.9 Å². The van der Waals surface area contributed by atoms with E-state index >= 15 is 0 Å². The van der Waals surface area contributed by atoms with E-state index in [1.807, 2.05) is 22.4 Å². The zero-order chi connectivity index (χ0) is 15.5. The van der Waals surface area contributed by atoms with Crippen molar-refractivity contribution in [3.8, 4) is 10.6 Å². The van der Waals surface area contributed by atoms with Crippen molar-refractivity contribution in [2.24, 2.45) is 11.7 Å². The smallest absolute Gasteiger partial charge is 0.228 e. The van der Waals surface area contributed by atoms with Crippen molar-refractivity contribution in [2.75, 3.05) is 13.1 Å². The number of likely N-dealkylation sites (tertiary alicyclic amines) is 1. The lowest BCUT2D eigenvalue weighted by molar-refractivity contribution is -0.131. The van der Waals surface area contributed by atoms with Crippen LogP contribution in [-0.2, 0) is 11.2 Å². The predicted octanol–water partition coefficient (Wildman–Crippen LogP) is 2.79. The Morgan fingerprint density at radius 1 is 1.46 bits per heavy atom. The number of rotatable bonds is 4. The summed E-state index contributed by atoms with van der Waals surface area (Å²) < 4.78 is 0. The van der Waals surface area contributed by atoms with Crippen LogP contribution in [-0.4, -0.2) is 39.9 Å². The Kier molecular flexibility index (Phi) is 8.09. The van der Waals surface area contributed by atoms with Gasteiger partial charge >= 0.3 is 0 Å². The average Bonchev–Trinajstić information content (AvgIpc) is 3.14. The van der Waals surface area contributed by atoms with Gasteiger partial charge < -0.3 is 10.6 Å². The van der Waals surface area contributed by atoms with E-state index in [1.54, 1.807) is 23.7 Å². The van der Waals surface area contributed by atoms with Gasteiger partial charge in [-0.1, -0.05) is 0 Å². The van der Waals surface area contributed by atoms with E-state index in [4.69, 9.17) is 5.73 Å². The van der Waals surface area contributed by atoms with Gasteiger partial charge in [0.25, 0.3) is 0 Å². The van der Waals surface area contributed by atoms with Gasteiger partial charge in [-0.05, 0) is 37.9 Å². The van der Waals surface area contributed by atoms with E-state index in [9.17, 15) is 4.79 Å². The Morgan fingerprint density at radius 2 is 2.25 bits per heavy atom. The highest BCUT2D eigenvalue weighted by Crippen LogP contribution is 2.25. The van der Waals surface area contributed by atoms with Crippen LogP contribution in [0.25, 0.3) is 10.6 Å². The molecule has 1 fully saturated rings. The standard InChI is InChI=1S/C16H20N4OS.2ClH/c1-11-5-12(7-17)9-20(11)15(21)6-14-10-22-16(19-14)13-3-2-4-18-8-13;;/h2-4,8,10-12H,5-7,9,17H2,1H3;2*1H. The molecule has 2 atom stereocenters. The minimum absolute atomic E-state index is 0. The van der Waals surface area contributed by atoms with Crippen molar-refractivity contribution in [1.29, 1.82) is 0 Å². The summed E-state index contributed by atoms with van der Waals surface area (Å²) in [6.07, 6.45) is 4.89. The number of amides is 1. The van der Waals surface area contributed by atoms with Gasteiger partial charge in [-0.3, -0.25) is 9.78 Å². The molecule has 2 aromatic rings. The fourth-order valence-electron chi connectivity index (χ4n) is 2.93. The highest BCUT2D eigenvalue weighted by atomic mass is 35.5. The van der Waals surface area contributed by atoms with E-state index in [2.05, 4.69) is 16.9 Å². The molecule has 1 amide bonds. The monoisotopic (exact) mass is 388 g/mol. The van der Waals surface area contributed by atoms with Crippen LogP contribution >= 0.6 is 36.2 Å². The number of aromatic nitrogens is 2. The van der Waals surface area contributed by atoms with Crippen LogP contribution < -0.4 is 5.73 Å². The maximum atomic E-state index is 12.5. The minimum Gasteiger partial charge on any atom is -0.339 e. The lowest BCUT2D eigenvalue weighted by Gasteiger charge is -2.21. The molecule has 132 valence electrons. The first-order valence-corrected chi connectivity index (χ1v) is 8.39. The van der Waals surface area contributed by atoms with Gasteiger partial charge in [0.15, 0.2) is 0 Å². The second-order valence-electron chi connectivity index (χ2n) is 5.80. The molecule has 1 aliphatic heterocycles. The normalized spacial score (nSPS) is 19.5. The fourth-order valence-corrected chi connectivity index (χ4v) is 3.74. The molecule has 3 rings (SSSR count). The molecule has 1 aliphatic rings. The van der Waals surface area contributed by atoms with Crippen LogP contribution in [0, 0.1) is 5.92 Å². The minimum atomic E-state index is 0. The molecule has 2 unspecified atom stereocenters. The summed E-state index contributed by atoms with van der Waals surface area (Å²) in [6, 6.07) is 4.14. The highest BCUT2D eigenvalue weighted by Gasteiger charge is 2.31. The van der Waals surface area contributed by atoms with Gasteiger partial charge in [0, 0.05) is 35.9 Å². The second-order valence-corrected chi connectivity index (χ2v) is 6.65. The Labute approximate surface area is 158 Å². The Balaban J connectivity index is 0.00000144. The molecule has 0 spiro atoms. The molecule has 24 heavy (non-hydrogen) atoms. The zero-order valence-corrected chi connectivity index (χ0v) is 15.9. The molecule has 0 aliphatic carbocycles. The van der Waals surface area contributed by atoms with Gasteiger partial charge in [0.2, 0.25) is 5.91 Å². The number of pyridine rings is 1. The zero-order valence-electron chi connectivity index (χ0n) is 13.4. The maximum absolute atomic E-state index is 12.5. The molecule has 2 N–H and O–H groups in total. The largest absolute Gasteiger partial charge is 0.339 e. The summed E-state index contributed by atoms with van der Waals surface area (Å²) in [7, 11) is 0. The van der Waals surface area contributed by atoms with E-state index < -0.39 is 0 Å². The number of thiazole rings is 1. The van der Waals surface area contributed by atoms with Gasteiger partial charge in [-0.15, -0.1) is 36.2 Å². The van der Waals surface area contributed by atoms with Crippen molar-refractivity contribution in [3.63, 3.8) is 0 Å². The van der Waals surface area contributed by atoms with Gasteiger partial charge in [0.1, 0.15) is 5.01 Å². The van der Waals surface area contributed by atoms with Crippen LogP contribution in [0.4, 0.5) is 0 Å². The Bertz CT molecular complexity index is 653. The third kappa shape index (κ3) is 4.66. The number of halogens is 2. The summed E-state index contributed by atoms with van der Waals surface area (Å²) in [5, 5.41) is 2.87. The molecule has 0 bridgehead atoms. The lowest BCUT2D eigenvalue weighted by Crippen LogP contribution is -2.35. The quantitative estimate of drug-likeness (QED) is 0.873. The summed E-state index contributed by atoms with van der Waals surface area (Å²) in [4.78, 5) is 23.1. The molecule has 0 aromatic carbocycles. The fraction of sp³-hybridized carbons (Fsp3) is 0.438. The number of nitrogens with two attached hydrogens (primary N) is 1. The second kappa shape index (κ2) is 9.32. The Hall–Kier alpha value is -1.21. The average molecular weight is 389 g/mol. The van der Waals surface area contributed by atoms with Crippen LogP contribution in [0.15, 0.2) is 29.9 Å². The van der Waals surface area contributed by atoms with Crippen molar-refractivity contribution >= 4 is 42.1 Å². The maximum Gasteiger partial charge on any atom is 0.228 e. The molecule has 2 aromatic heterocycles. The third-order valence-corrected chi connectivity index (χ3v) is 5.05. The first-order valence-electron chi connectivity index (χ1n) is 7.51. The molecule has 3 heterocycles. The lowest BCUT2D eigenvalue weighted by atomic mass is 10.1. The summed E-state index contributed by atoms with van der Waals surface area (Å²) in [5.41, 5.74) is 7.54. The van der Waals surface area contributed by atoms with Crippen molar-refractivity contribution in [2.45, 2.75) is 25.8 Å². The van der Waals surface area contributed by atoms with Crippen LogP contribution in [0.1, 0.15) is 19.0 Å². The molecule has 5 nitrogen and oxygen atoms in total. The molecule has 1 saturated heterocycles. The molecule has 0 saturated carbocycles. The summed E-state index contributed by atoms with van der Waals surface area (Å²) in [5.74, 6) is 0.576. The van der Waals surface area contributed by atoms with Crippen molar-refractivity contribution in [3.05, 3.63) is 35.6 Å². The predicted molar refractivity (Wildman–Crippen MR) is 102 cm³/mol. The number of carbonyl (C=O) groups excluding carboxylic acids is 1. The van der Waals surface area contributed by atoms with Crippen molar-refractivity contribution < 1.29 is 4.79 Å². The number of hydrogen-bond donors (Lipinski definition) is 1. The first kappa shape index (κ1) is 20.8. The third-order valence-electron chi connectivity index (χ3n) is 4.11. The highest BCUT2D eigenvalue weighted by molar-refractivity contribution is 7.13. The van der Waals surface area contributed by atoms with Crippen LogP contribution in [0.5, 0.6) is 0 Å². The number of carbonyl (C=O) groups is 1. The molecule has 8 heteroatoms. The molecular formula is C16H22Cl2N4OS. The Morgan fingerprint density at radius 3 is 2.88 bits per heavy atom. The van der Waals surface area contributed by atoms with E-state index in [0.717, 1.165) is 29.2 Å². The molecular weight excluding hydrogens is 367 g/mol. The van der Waals surface area contributed by atoms with E-state index in [1.165, 1.54) is 0 Å². The number of hydrogen-bond acceptors (Lipinski definition) is 5.